The molecule has 1 spiro atoms. The largest absolute Gasteiger partial charge is 0.493 e. The lowest BCUT2D eigenvalue weighted by Gasteiger charge is -2.61. The zero-order valence-electron chi connectivity index (χ0n) is 26.6. The van der Waals surface area contributed by atoms with Crippen molar-refractivity contribution in [2.45, 2.75) is 73.6 Å². The van der Waals surface area contributed by atoms with Crippen LogP contribution in [0, 0.1) is 0 Å². The second kappa shape index (κ2) is 12.8. The summed E-state index contributed by atoms with van der Waals surface area (Å²) < 4.78 is 27.7. The van der Waals surface area contributed by atoms with Gasteiger partial charge in [-0.3, -0.25) is 9.59 Å². The average molecular weight is 682 g/mol. The Balaban J connectivity index is 1.18. The molecule has 2 aromatic rings. The molecule has 0 amide bonds. The van der Waals surface area contributed by atoms with Gasteiger partial charge in [0, 0.05) is 23.6 Å². The lowest BCUT2D eigenvalue weighted by Crippen LogP contribution is -2.74. The number of piperidine rings is 1. The minimum Gasteiger partial charge on any atom is -0.493 e. The Hall–Kier alpha value is -4.99. The second-order valence-corrected chi connectivity index (χ2v) is 12.6. The Morgan fingerprint density at radius 3 is 2.43 bits per heavy atom. The van der Waals surface area contributed by atoms with Crippen LogP contribution in [0.15, 0.2) is 54.3 Å². The molecule has 2 aliphatic heterocycles. The fourth-order valence-electron chi connectivity index (χ4n) is 7.62. The van der Waals surface area contributed by atoms with Gasteiger partial charge < -0.3 is 49.0 Å². The van der Waals surface area contributed by atoms with Crippen LogP contribution in [0.25, 0.3) is 0 Å². The summed E-state index contributed by atoms with van der Waals surface area (Å²) in [5.74, 6) is -6.11. The third-order valence-electron chi connectivity index (χ3n) is 9.87. The zero-order chi connectivity index (χ0) is 35.2. The zero-order valence-corrected chi connectivity index (χ0v) is 26.6. The smallest absolute Gasteiger partial charge is 0.353 e. The highest BCUT2D eigenvalue weighted by atomic mass is 16.6. The number of carboxylic acid groups (broad SMARTS) is 2. The first-order chi connectivity index (χ1) is 23.3. The molecule has 0 radical (unpaired) electrons. The minimum atomic E-state index is -2.13. The van der Waals surface area contributed by atoms with E-state index in [2.05, 4.69) is 4.90 Å². The maximum absolute atomic E-state index is 13.2. The van der Waals surface area contributed by atoms with Gasteiger partial charge in [0.05, 0.1) is 31.0 Å². The van der Waals surface area contributed by atoms with Gasteiger partial charge in [0.2, 0.25) is 12.2 Å². The van der Waals surface area contributed by atoms with E-state index in [-0.39, 0.29) is 23.8 Å². The number of hydrogen-bond acceptors (Lipinski definition) is 13. The summed E-state index contributed by atoms with van der Waals surface area (Å²) >= 11 is 0. The van der Waals surface area contributed by atoms with Gasteiger partial charge in [-0.05, 0) is 44.1 Å². The Labute approximate surface area is 279 Å². The molecule has 2 bridgehead atoms. The summed E-state index contributed by atoms with van der Waals surface area (Å²) in [5, 5.41) is 41.3. The third-order valence-corrected chi connectivity index (χ3v) is 9.87. The number of carboxylic acids is 2. The van der Waals surface area contributed by atoms with Gasteiger partial charge in [0.15, 0.2) is 23.7 Å². The molecule has 0 aromatic heterocycles. The van der Waals surface area contributed by atoms with Crippen molar-refractivity contribution in [3.05, 3.63) is 71.0 Å². The maximum atomic E-state index is 13.2. The van der Waals surface area contributed by atoms with Gasteiger partial charge in [0.1, 0.15) is 5.76 Å². The summed E-state index contributed by atoms with van der Waals surface area (Å²) in [6, 6.07) is 10.8. The van der Waals surface area contributed by atoms with Crippen molar-refractivity contribution < 1.29 is 68.1 Å². The molecule has 1 fully saturated rings. The number of methoxy groups -OCH3 is 1. The molecule has 2 heterocycles. The molecule has 7 atom stereocenters. The van der Waals surface area contributed by atoms with Gasteiger partial charge in [-0.25, -0.2) is 14.4 Å². The van der Waals surface area contributed by atoms with Crippen molar-refractivity contribution in [1.29, 1.82) is 0 Å². The Morgan fingerprint density at radius 1 is 1.02 bits per heavy atom. The molecule has 260 valence electrons. The van der Waals surface area contributed by atoms with E-state index >= 15 is 0 Å². The molecule has 1 saturated heterocycles. The Kier molecular flexibility index (Phi) is 8.85. The number of esters is 3. The highest BCUT2D eigenvalue weighted by Crippen LogP contribution is 2.65. The summed E-state index contributed by atoms with van der Waals surface area (Å²) in [6.07, 6.45) is -6.18. The van der Waals surface area contributed by atoms with Crippen LogP contribution >= 0.6 is 0 Å². The van der Waals surface area contributed by atoms with E-state index in [4.69, 9.17) is 28.8 Å². The van der Waals surface area contributed by atoms with Gasteiger partial charge >= 0.3 is 29.8 Å². The lowest BCUT2D eigenvalue weighted by molar-refractivity contribution is -0.183. The number of likely N-dealkylation sites (N-methyl/N-ethyl adjacent to an activating group) is 1. The predicted molar refractivity (Wildman–Crippen MR) is 163 cm³/mol. The van der Waals surface area contributed by atoms with Gasteiger partial charge in [0.25, 0.3) is 0 Å². The number of carbonyl (C=O) groups is 5. The SMILES string of the molecule is COc1ccc2c3c1O[C@H]1C(OC(=O)C[C@H](O)C(=O)O[C@H](C(=O)O[C@@H](CC(=O)O)C(=O)O)c4ccccc4)=CC[C@@]4(O)[C@@H](C2)N(C)CC[C@]314. The van der Waals surface area contributed by atoms with Crippen molar-refractivity contribution in [3.63, 3.8) is 0 Å². The van der Waals surface area contributed by atoms with Crippen LogP contribution in [0.4, 0.5) is 0 Å². The van der Waals surface area contributed by atoms with Crippen molar-refractivity contribution in [1.82, 2.24) is 4.90 Å². The number of carbonyl (C=O) groups excluding carboxylic acids is 3. The summed E-state index contributed by atoms with van der Waals surface area (Å²) in [6.45, 7) is 0.642. The standard InChI is InChI=1S/C34H35NO14/c1-35-13-12-33-26-18-8-9-20(45-2)28(26)48-29(33)21(10-11-34(33,44)23(35)14-18)46-25(39)15-19(36)31(42)49-27(17-6-4-3-5-7-17)32(43)47-22(30(40)41)16-24(37)38/h3-10,19,22-23,27,29,36,44H,11-16H2,1-2H3,(H,37,38)(H,40,41)/t19-,22-,23+,27-,29-,33-,34+/m0/s1. The number of benzene rings is 2. The maximum Gasteiger partial charge on any atom is 0.353 e. The van der Waals surface area contributed by atoms with Gasteiger partial charge in [-0.1, -0.05) is 36.4 Å². The highest BCUT2D eigenvalue weighted by molar-refractivity contribution is 5.87. The molecule has 4 aliphatic rings. The Bertz CT molecular complexity index is 1720. The van der Waals surface area contributed by atoms with Crippen molar-refractivity contribution >= 4 is 29.8 Å². The molecule has 15 nitrogen and oxygen atoms in total. The van der Waals surface area contributed by atoms with E-state index in [1.807, 2.05) is 13.1 Å². The molecule has 0 unspecified atom stereocenters. The fraction of sp³-hybridized carbons (Fsp3) is 0.441. The molecule has 49 heavy (non-hydrogen) atoms. The summed E-state index contributed by atoms with van der Waals surface area (Å²) in [4.78, 5) is 63.7. The molecule has 15 heteroatoms. The monoisotopic (exact) mass is 681 g/mol. The normalized spacial score (nSPS) is 26.5. The third kappa shape index (κ3) is 5.66. The molecule has 0 saturated carbocycles. The first-order valence-electron chi connectivity index (χ1n) is 15.6. The molecular weight excluding hydrogens is 646 g/mol. The number of aliphatic hydroxyl groups is 2. The van der Waals surface area contributed by atoms with Crippen molar-refractivity contribution in [3.8, 4) is 11.5 Å². The molecular formula is C34H35NO14. The number of aliphatic carboxylic acids is 2. The van der Waals surface area contributed by atoms with E-state index in [0.717, 1.165) is 11.1 Å². The Morgan fingerprint density at radius 2 is 1.76 bits per heavy atom. The minimum absolute atomic E-state index is 0.0332. The van der Waals surface area contributed by atoms with Gasteiger partial charge in [-0.2, -0.15) is 0 Å². The quantitative estimate of drug-likeness (QED) is 0.182. The lowest BCUT2D eigenvalue weighted by atomic mass is 9.50. The first-order valence-corrected chi connectivity index (χ1v) is 15.6. The average Bonchev–Trinajstić information content (AvgIpc) is 3.42. The number of rotatable bonds is 12. The summed E-state index contributed by atoms with van der Waals surface area (Å²) in [7, 11) is 3.46. The van der Waals surface area contributed by atoms with Crippen LogP contribution in [0.1, 0.15) is 48.5 Å². The van der Waals surface area contributed by atoms with E-state index in [1.165, 1.54) is 31.4 Å². The predicted octanol–water partition coefficient (Wildman–Crippen LogP) is 1.02. The van der Waals surface area contributed by atoms with Crippen molar-refractivity contribution in [2.24, 2.45) is 0 Å². The first kappa shape index (κ1) is 33.9. The molecule has 2 aromatic carbocycles. The van der Waals surface area contributed by atoms with Crippen LogP contribution < -0.4 is 9.47 Å². The summed E-state index contributed by atoms with van der Waals surface area (Å²) in [5.41, 5.74) is -0.359. The van der Waals surface area contributed by atoms with Crippen LogP contribution in [-0.4, -0.2) is 106 Å². The molecule has 4 N–H and O–H groups in total. The molecule has 2 aliphatic carbocycles. The van der Waals surface area contributed by atoms with E-state index < -0.39 is 78.1 Å². The van der Waals surface area contributed by atoms with Crippen LogP contribution in [0.3, 0.4) is 0 Å². The van der Waals surface area contributed by atoms with Crippen LogP contribution in [0.5, 0.6) is 11.5 Å². The highest BCUT2D eigenvalue weighted by Gasteiger charge is 2.72. The second-order valence-electron chi connectivity index (χ2n) is 12.6. The topological polar surface area (TPSA) is 216 Å². The molecule has 6 rings (SSSR count). The van der Waals surface area contributed by atoms with E-state index in [0.29, 0.717) is 30.9 Å². The number of hydrogen-bond donors (Lipinski definition) is 4. The van der Waals surface area contributed by atoms with Crippen LogP contribution in [0.2, 0.25) is 0 Å². The number of nitrogens with zero attached hydrogens (tertiary/aromatic N) is 1. The van der Waals surface area contributed by atoms with E-state index in [9.17, 15) is 39.3 Å². The van der Waals surface area contributed by atoms with Gasteiger partial charge in [-0.15, -0.1) is 0 Å². The fourth-order valence-corrected chi connectivity index (χ4v) is 7.62. The van der Waals surface area contributed by atoms with Crippen molar-refractivity contribution in [2.75, 3.05) is 20.7 Å². The van der Waals surface area contributed by atoms with Crippen LogP contribution in [-0.2, 0) is 50.0 Å². The number of likely N-dealkylation sites (tertiary alicyclic amines) is 1. The number of ether oxygens (including phenoxy) is 5. The number of aliphatic hydroxyl groups excluding tert-OH is 1. The van der Waals surface area contributed by atoms with E-state index in [1.54, 1.807) is 18.2 Å².